The normalized spacial score (nSPS) is 26.6. The van der Waals surface area contributed by atoms with Crippen LogP contribution in [0.1, 0.15) is 25.5 Å². The number of fused-ring (bicyclic) bond motifs is 1. The Kier molecular flexibility index (Phi) is 1.71. The fourth-order valence-electron chi connectivity index (χ4n) is 2.14. The fraction of sp³-hybridized carbons (Fsp3) is 0.545. The first-order valence-electron chi connectivity index (χ1n) is 5.34. The molecule has 0 radical (unpaired) electrons. The Balaban J connectivity index is 2.03. The lowest BCUT2D eigenvalue weighted by atomic mass is 10.1. The van der Waals surface area contributed by atoms with E-state index in [4.69, 9.17) is 4.74 Å². The van der Waals surface area contributed by atoms with Crippen molar-refractivity contribution in [2.24, 2.45) is 0 Å². The maximum absolute atomic E-state index is 11.2. The van der Waals surface area contributed by atoms with Crippen LogP contribution in [-0.4, -0.2) is 16.6 Å². The molecule has 1 aromatic heterocycles. The molecule has 1 fully saturated rings. The topological polar surface area (TPSA) is 54.1 Å². The predicted molar refractivity (Wildman–Crippen MR) is 56.0 cm³/mol. The summed E-state index contributed by atoms with van der Waals surface area (Å²) in [4.78, 5) is 14.0. The molecule has 1 saturated carbocycles. The van der Waals surface area contributed by atoms with Crippen molar-refractivity contribution < 1.29 is 4.74 Å². The van der Waals surface area contributed by atoms with E-state index in [1.54, 1.807) is 6.07 Å². The van der Waals surface area contributed by atoms with Gasteiger partial charge in [0.1, 0.15) is 11.4 Å². The minimum absolute atomic E-state index is 0.0243. The second-order valence-electron chi connectivity index (χ2n) is 4.43. The number of aromatic amines is 1. The zero-order chi connectivity index (χ0) is 10.5. The summed E-state index contributed by atoms with van der Waals surface area (Å²) in [6.45, 7) is 2.81. The Labute approximate surface area is 87.7 Å². The molecule has 2 heterocycles. The lowest BCUT2D eigenvalue weighted by molar-refractivity contribution is 0.145. The summed E-state index contributed by atoms with van der Waals surface area (Å²) in [5.74, 6) is 0.823. The average Bonchev–Trinajstić information content (AvgIpc) is 2.99. The first kappa shape index (κ1) is 8.97. The molecule has 15 heavy (non-hydrogen) atoms. The average molecular weight is 206 g/mol. The van der Waals surface area contributed by atoms with Crippen molar-refractivity contribution >= 4 is 0 Å². The lowest BCUT2D eigenvalue weighted by Crippen LogP contribution is -2.40. The molecular weight excluding hydrogens is 192 g/mol. The van der Waals surface area contributed by atoms with Crippen LogP contribution in [0.4, 0.5) is 0 Å². The van der Waals surface area contributed by atoms with Crippen molar-refractivity contribution in [1.29, 1.82) is 0 Å². The summed E-state index contributed by atoms with van der Waals surface area (Å²) >= 11 is 0. The first-order valence-corrected chi connectivity index (χ1v) is 5.34. The third kappa shape index (κ3) is 1.36. The summed E-state index contributed by atoms with van der Waals surface area (Å²) in [6, 6.07) is 3.63. The summed E-state index contributed by atoms with van der Waals surface area (Å²) in [5.41, 5.74) is 0.764. The van der Waals surface area contributed by atoms with Crippen molar-refractivity contribution in [3.8, 4) is 5.75 Å². The van der Waals surface area contributed by atoms with Gasteiger partial charge in [-0.1, -0.05) is 0 Å². The Hall–Kier alpha value is -1.29. The molecule has 80 valence electrons. The highest BCUT2D eigenvalue weighted by molar-refractivity contribution is 5.31. The molecule has 3 rings (SSSR count). The number of nitrogens with one attached hydrogen (secondary N) is 2. The zero-order valence-electron chi connectivity index (χ0n) is 8.67. The van der Waals surface area contributed by atoms with Crippen LogP contribution in [0, 0.1) is 0 Å². The molecular formula is C11H14N2O2. The molecule has 1 aliphatic carbocycles. The third-order valence-corrected chi connectivity index (χ3v) is 3.39. The van der Waals surface area contributed by atoms with Crippen LogP contribution >= 0.6 is 0 Å². The lowest BCUT2D eigenvalue weighted by Gasteiger charge is -2.21. The quantitative estimate of drug-likeness (QED) is 0.659. The van der Waals surface area contributed by atoms with Crippen molar-refractivity contribution in [2.45, 2.75) is 38.0 Å². The van der Waals surface area contributed by atoms with E-state index in [0.717, 1.165) is 24.3 Å². The molecule has 0 unspecified atom stereocenters. The van der Waals surface area contributed by atoms with Crippen molar-refractivity contribution in [3.63, 3.8) is 0 Å². The highest BCUT2D eigenvalue weighted by Crippen LogP contribution is 2.44. The van der Waals surface area contributed by atoms with E-state index in [1.807, 2.05) is 0 Å². The Bertz CT molecular complexity index is 448. The van der Waals surface area contributed by atoms with E-state index in [1.165, 1.54) is 6.07 Å². The number of rotatable bonds is 0. The number of H-pyrrole nitrogens is 1. The number of pyridine rings is 1. The fourth-order valence-corrected chi connectivity index (χ4v) is 2.14. The number of ether oxygens (including phenoxy) is 1. The molecule has 0 saturated heterocycles. The van der Waals surface area contributed by atoms with Gasteiger partial charge in [0.2, 0.25) is 5.56 Å². The minimum Gasteiger partial charge on any atom is -0.484 e. The summed E-state index contributed by atoms with van der Waals surface area (Å²) in [7, 11) is 0. The van der Waals surface area contributed by atoms with Gasteiger partial charge in [0, 0.05) is 18.7 Å². The van der Waals surface area contributed by atoms with Gasteiger partial charge < -0.3 is 15.0 Å². The molecule has 1 aromatic rings. The van der Waals surface area contributed by atoms with E-state index in [0.29, 0.717) is 12.6 Å². The van der Waals surface area contributed by atoms with Gasteiger partial charge in [-0.3, -0.25) is 4.79 Å². The second-order valence-corrected chi connectivity index (χ2v) is 4.43. The zero-order valence-corrected chi connectivity index (χ0v) is 8.67. The number of aromatic nitrogens is 1. The van der Waals surface area contributed by atoms with Crippen LogP contribution in [0.15, 0.2) is 16.9 Å². The Morgan fingerprint density at radius 2 is 2.27 bits per heavy atom. The molecule has 0 amide bonds. The van der Waals surface area contributed by atoms with Crippen LogP contribution in [0.25, 0.3) is 0 Å². The van der Waals surface area contributed by atoms with E-state index >= 15 is 0 Å². The van der Waals surface area contributed by atoms with Crippen LogP contribution in [0.2, 0.25) is 0 Å². The van der Waals surface area contributed by atoms with Crippen LogP contribution in [0.3, 0.4) is 0 Å². The number of hydrogen-bond donors (Lipinski definition) is 2. The van der Waals surface area contributed by atoms with Gasteiger partial charge in [0.05, 0.1) is 5.69 Å². The summed E-state index contributed by atoms with van der Waals surface area (Å²) in [5, 5.41) is 3.39. The molecule has 2 N–H and O–H groups in total. The van der Waals surface area contributed by atoms with Gasteiger partial charge in [-0.15, -0.1) is 0 Å². The SMILES string of the molecule is C[C@@H]1NCc2[nH]c(=O)ccc2OC12CC2. The maximum atomic E-state index is 11.2. The first-order chi connectivity index (χ1) is 7.20. The van der Waals surface area contributed by atoms with Gasteiger partial charge in [0.25, 0.3) is 0 Å². The molecule has 1 aliphatic heterocycles. The smallest absolute Gasteiger partial charge is 0.248 e. The Morgan fingerprint density at radius 1 is 1.47 bits per heavy atom. The maximum Gasteiger partial charge on any atom is 0.248 e. The highest BCUT2D eigenvalue weighted by atomic mass is 16.5. The van der Waals surface area contributed by atoms with Crippen LogP contribution in [0.5, 0.6) is 5.75 Å². The molecule has 2 aliphatic rings. The van der Waals surface area contributed by atoms with Gasteiger partial charge in [0.15, 0.2) is 0 Å². The van der Waals surface area contributed by atoms with Crippen LogP contribution < -0.4 is 15.6 Å². The van der Waals surface area contributed by atoms with E-state index in [9.17, 15) is 4.79 Å². The molecule has 1 atom stereocenters. The van der Waals surface area contributed by atoms with Gasteiger partial charge in [-0.25, -0.2) is 0 Å². The highest BCUT2D eigenvalue weighted by Gasteiger charge is 2.51. The van der Waals surface area contributed by atoms with Gasteiger partial charge in [-0.2, -0.15) is 0 Å². The van der Waals surface area contributed by atoms with E-state index in [-0.39, 0.29) is 11.2 Å². The van der Waals surface area contributed by atoms with Gasteiger partial charge in [-0.05, 0) is 25.8 Å². The van der Waals surface area contributed by atoms with Gasteiger partial charge >= 0.3 is 0 Å². The second kappa shape index (κ2) is 2.85. The molecule has 4 nitrogen and oxygen atoms in total. The molecule has 4 heteroatoms. The monoisotopic (exact) mass is 206 g/mol. The van der Waals surface area contributed by atoms with Crippen LogP contribution in [-0.2, 0) is 6.54 Å². The van der Waals surface area contributed by atoms with Crippen molar-refractivity contribution in [1.82, 2.24) is 10.3 Å². The summed E-state index contributed by atoms with van der Waals surface area (Å²) < 4.78 is 5.99. The standard InChI is InChI=1S/C11H14N2O2/c1-7-11(4-5-11)15-9-2-3-10(14)13-8(9)6-12-7/h2-3,7,12H,4-6H2,1H3,(H,13,14)/t7-/m0/s1. The third-order valence-electron chi connectivity index (χ3n) is 3.39. The number of hydrogen-bond acceptors (Lipinski definition) is 3. The van der Waals surface area contributed by atoms with Crippen molar-refractivity contribution in [3.05, 3.63) is 28.2 Å². The molecule has 0 aromatic carbocycles. The summed E-state index contributed by atoms with van der Waals surface area (Å²) in [6.07, 6.45) is 2.19. The molecule has 0 bridgehead atoms. The van der Waals surface area contributed by atoms with E-state index < -0.39 is 0 Å². The van der Waals surface area contributed by atoms with E-state index in [2.05, 4.69) is 17.2 Å². The Morgan fingerprint density at radius 3 is 3.00 bits per heavy atom. The molecule has 1 spiro atoms. The largest absolute Gasteiger partial charge is 0.484 e. The van der Waals surface area contributed by atoms with Crippen molar-refractivity contribution in [2.75, 3.05) is 0 Å². The predicted octanol–water partition coefficient (Wildman–Crippen LogP) is 0.778. The minimum atomic E-state index is -0.0708.